The maximum absolute atomic E-state index is 12.4. The Kier molecular flexibility index (Phi) is 6.66. The van der Waals surface area contributed by atoms with E-state index in [2.05, 4.69) is 36.1 Å². The number of aromatic nitrogens is 2. The number of amides is 3. The van der Waals surface area contributed by atoms with Gasteiger partial charge in [0, 0.05) is 32.9 Å². The Balaban J connectivity index is 2.05. The molecule has 11 heteroatoms. The van der Waals surface area contributed by atoms with Crippen molar-refractivity contribution in [1.82, 2.24) is 20.6 Å². The van der Waals surface area contributed by atoms with Crippen molar-refractivity contribution < 1.29 is 14.4 Å². The van der Waals surface area contributed by atoms with Gasteiger partial charge < -0.3 is 11.1 Å². The Morgan fingerprint density at radius 1 is 1.37 bits per heavy atom. The highest BCUT2D eigenvalue weighted by Gasteiger charge is 2.48. The van der Waals surface area contributed by atoms with Gasteiger partial charge in [-0.05, 0) is 18.8 Å². The number of anilines is 1. The molecule has 1 aliphatic rings. The SMILES string of the molecule is CN=C/C(=N\Nc1cnccn1)C(=O)NCC(N)(C(=O)NC(C)=O)C1CC1. The van der Waals surface area contributed by atoms with Gasteiger partial charge in [0.25, 0.3) is 5.91 Å². The van der Waals surface area contributed by atoms with E-state index in [4.69, 9.17) is 5.73 Å². The van der Waals surface area contributed by atoms with Gasteiger partial charge in [-0.3, -0.25) is 35.1 Å². The van der Waals surface area contributed by atoms with E-state index in [9.17, 15) is 14.4 Å². The van der Waals surface area contributed by atoms with Crippen LogP contribution in [-0.4, -0.2) is 58.7 Å². The van der Waals surface area contributed by atoms with E-state index >= 15 is 0 Å². The number of aliphatic imine (C=N–C) groups is 1. The van der Waals surface area contributed by atoms with Crippen LogP contribution < -0.4 is 21.8 Å². The molecule has 3 amide bonds. The molecular weight excluding hydrogens is 352 g/mol. The first kappa shape index (κ1) is 20.1. The van der Waals surface area contributed by atoms with Crippen LogP contribution in [0.15, 0.2) is 28.7 Å². The number of carbonyl (C=O) groups is 3. The summed E-state index contributed by atoms with van der Waals surface area (Å²) in [5.74, 6) is -1.45. The molecule has 2 rings (SSSR count). The summed E-state index contributed by atoms with van der Waals surface area (Å²) in [6.07, 6.45) is 7.17. The lowest BCUT2D eigenvalue weighted by Gasteiger charge is -2.27. The van der Waals surface area contributed by atoms with E-state index < -0.39 is 23.3 Å². The molecule has 1 aromatic rings. The normalized spacial score (nSPS) is 16.5. The second-order valence-corrected chi connectivity index (χ2v) is 6.09. The van der Waals surface area contributed by atoms with E-state index in [0.717, 1.165) is 12.8 Å². The lowest BCUT2D eigenvalue weighted by atomic mass is 9.93. The largest absolute Gasteiger partial charge is 0.348 e. The number of imide groups is 1. The van der Waals surface area contributed by atoms with Crippen molar-refractivity contribution in [1.29, 1.82) is 0 Å². The van der Waals surface area contributed by atoms with Crippen LogP contribution in [0, 0.1) is 5.92 Å². The first-order valence-corrected chi connectivity index (χ1v) is 8.27. The zero-order chi connectivity index (χ0) is 19.9. The van der Waals surface area contributed by atoms with Gasteiger partial charge in [0.2, 0.25) is 11.8 Å². The smallest absolute Gasteiger partial charge is 0.273 e. The molecule has 1 heterocycles. The minimum atomic E-state index is -1.37. The highest BCUT2D eigenvalue weighted by Crippen LogP contribution is 2.38. The fourth-order valence-corrected chi connectivity index (χ4v) is 2.34. The summed E-state index contributed by atoms with van der Waals surface area (Å²) in [6, 6.07) is 0. The number of hydrogen-bond acceptors (Lipinski definition) is 9. The average Bonchev–Trinajstić information content (AvgIpc) is 3.48. The summed E-state index contributed by atoms with van der Waals surface area (Å²) in [5, 5.41) is 8.72. The summed E-state index contributed by atoms with van der Waals surface area (Å²) in [5.41, 5.74) is 7.39. The molecule has 144 valence electrons. The molecule has 0 radical (unpaired) electrons. The topological polar surface area (TPSA) is 164 Å². The number of nitrogens with zero attached hydrogens (tertiary/aromatic N) is 4. The Bertz CT molecular complexity index is 760. The summed E-state index contributed by atoms with van der Waals surface area (Å²) in [7, 11) is 1.49. The lowest BCUT2D eigenvalue weighted by molar-refractivity contribution is -0.133. The molecule has 1 fully saturated rings. The van der Waals surface area contributed by atoms with Gasteiger partial charge in [0.1, 0.15) is 5.54 Å². The number of nitrogens with one attached hydrogen (secondary N) is 3. The first-order chi connectivity index (χ1) is 12.9. The number of hydrogen-bond donors (Lipinski definition) is 4. The van der Waals surface area contributed by atoms with Crippen LogP contribution in [0.25, 0.3) is 0 Å². The fraction of sp³-hybridized carbons (Fsp3) is 0.438. The predicted octanol–water partition coefficient (Wildman–Crippen LogP) is -1.17. The van der Waals surface area contributed by atoms with Gasteiger partial charge >= 0.3 is 0 Å². The summed E-state index contributed by atoms with van der Waals surface area (Å²) >= 11 is 0. The third-order valence-corrected chi connectivity index (χ3v) is 3.90. The van der Waals surface area contributed by atoms with Crippen molar-refractivity contribution >= 4 is 35.5 Å². The van der Waals surface area contributed by atoms with Crippen LogP contribution in [0.5, 0.6) is 0 Å². The molecule has 1 aliphatic carbocycles. The van der Waals surface area contributed by atoms with E-state index in [1.165, 1.54) is 38.8 Å². The second-order valence-electron chi connectivity index (χ2n) is 6.09. The van der Waals surface area contributed by atoms with Gasteiger partial charge in [-0.15, -0.1) is 0 Å². The highest BCUT2D eigenvalue weighted by atomic mass is 16.2. The van der Waals surface area contributed by atoms with Crippen molar-refractivity contribution in [3.8, 4) is 0 Å². The Labute approximate surface area is 155 Å². The number of carbonyl (C=O) groups excluding carboxylic acids is 3. The molecule has 5 N–H and O–H groups in total. The van der Waals surface area contributed by atoms with E-state index in [0.29, 0.717) is 5.82 Å². The van der Waals surface area contributed by atoms with Crippen molar-refractivity contribution in [3.05, 3.63) is 18.6 Å². The quantitative estimate of drug-likeness (QED) is 0.329. The van der Waals surface area contributed by atoms with Crippen molar-refractivity contribution in [2.45, 2.75) is 25.3 Å². The van der Waals surface area contributed by atoms with Crippen LogP contribution in [0.1, 0.15) is 19.8 Å². The molecule has 1 aromatic heterocycles. The maximum Gasteiger partial charge on any atom is 0.273 e. The van der Waals surface area contributed by atoms with Gasteiger partial charge in [0.15, 0.2) is 11.5 Å². The molecule has 1 atom stereocenters. The minimum absolute atomic E-state index is 0.0340. The predicted molar refractivity (Wildman–Crippen MR) is 99.0 cm³/mol. The van der Waals surface area contributed by atoms with Crippen LogP contribution in [0.4, 0.5) is 5.82 Å². The molecular formula is C16H22N8O3. The van der Waals surface area contributed by atoms with Gasteiger partial charge in [0.05, 0.1) is 12.4 Å². The summed E-state index contributed by atoms with van der Waals surface area (Å²) in [4.78, 5) is 47.5. The van der Waals surface area contributed by atoms with Crippen LogP contribution in [0.3, 0.4) is 0 Å². The van der Waals surface area contributed by atoms with Crippen molar-refractivity contribution in [3.63, 3.8) is 0 Å². The Morgan fingerprint density at radius 3 is 2.67 bits per heavy atom. The van der Waals surface area contributed by atoms with Crippen molar-refractivity contribution in [2.75, 3.05) is 19.0 Å². The molecule has 0 saturated heterocycles. The molecule has 0 aromatic carbocycles. The van der Waals surface area contributed by atoms with Gasteiger partial charge in [-0.25, -0.2) is 4.98 Å². The molecule has 0 spiro atoms. The number of nitrogens with two attached hydrogens (primary N) is 1. The molecule has 0 aliphatic heterocycles. The average molecular weight is 374 g/mol. The number of hydrazone groups is 1. The Morgan fingerprint density at radius 2 is 2.11 bits per heavy atom. The maximum atomic E-state index is 12.4. The van der Waals surface area contributed by atoms with E-state index in [1.54, 1.807) is 0 Å². The molecule has 11 nitrogen and oxygen atoms in total. The zero-order valence-electron chi connectivity index (χ0n) is 15.1. The van der Waals surface area contributed by atoms with Crippen LogP contribution in [0.2, 0.25) is 0 Å². The third-order valence-electron chi connectivity index (χ3n) is 3.90. The highest BCUT2D eigenvalue weighted by molar-refractivity contribution is 6.60. The minimum Gasteiger partial charge on any atom is -0.348 e. The fourth-order valence-electron chi connectivity index (χ4n) is 2.34. The molecule has 27 heavy (non-hydrogen) atoms. The summed E-state index contributed by atoms with van der Waals surface area (Å²) in [6.45, 7) is 1.09. The van der Waals surface area contributed by atoms with Gasteiger partial charge in [-0.2, -0.15) is 5.10 Å². The monoisotopic (exact) mass is 374 g/mol. The first-order valence-electron chi connectivity index (χ1n) is 8.27. The standard InChI is InChI=1S/C16H22N8O3/c1-10(25)22-15(27)16(17,11-3-4-11)9-21-14(26)12(7-18-2)23-24-13-8-19-5-6-20-13/h5-8,11H,3-4,9,17H2,1-2H3,(H,20,24)(H,21,26)(H,22,25,27)/b18-7?,23-12+. The van der Waals surface area contributed by atoms with Gasteiger partial charge in [-0.1, -0.05) is 0 Å². The Hall–Kier alpha value is -3.21. The van der Waals surface area contributed by atoms with Crippen molar-refractivity contribution in [2.24, 2.45) is 21.7 Å². The zero-order valence-corrected chi connectivity index (χ0v) is 15.1. The molecule has 1 unspecified atom stereocenters. The van der Waals surface area contributed by atoms with E-state index in [-0.39, 0.29) is 18.2 Å². The lowest BCUT2D eigenvalue weighted by Crippen LogP contribution is -2.62. The van der Waals surface area contributed by atoms with E-state index in [1.807, 2.05) is 0 Å². The van der Waals surface area contributed by atoms with Crippen LogP contribution >= 0.6 is 0 Å². The number of rotatable bonds is 8. The van der Waals surface area contributed by atoms with Crippen LogP contribution in [-0.2, 0) is 14.4 Å². The third kappa shape index (κ3) is 5.64. The second kappa shape index (κ2) is 8.94. The molecule has 1 saturated carbocycles. The molecule has 0 bridgehead atoms. The summed E-state index contributed by atoms with van der Waals surface area (Å²) < 4.78 is 0.